The summed E-state index contributed by atoms with van der Waals surface area (Å²) in [6, 6.07) is 5.19. The monoisotopic (exact) mass is 212 g/mol. The molecule has 0 atom stereocenters. The molecule has 0 unspecified atom stereocenters. The van der Waals surface area contributed by atoms with Crippen molar-refractivity contribution in [2.24, 2.45) is 0 Å². The highest BCUT2D eigenvalue weighted by Gasteiger charge is 2.07. The van der Waals surface area contributed by atoms with E-state index in [2.05, 4.69) is 19.6 Å². The fourth-order valence-corrected chi connectivity index (χ4v) is 2.66. The van der Waals surface area contributed by atoms with Crippen molar-refractivity contribution in [3.8, 4) is 0 Å². The van der Waals surface area contributed by atoms with E-state index in [1.165, 1.54) is 22.3 Å². The molecule has 1 aromatic carbocycles. The third-order valence-corrected chi connectivity index (χ3v) is 3.69. The molecular weight excluding hydrogens is 203 g/mol. The van der Waals surface area contributed by atoms with Crippen molar-refractivity contribution in [1.82, 2.24) is 0 Å². The molecule has 0 spiro atoms. The van der Waals surface area contributed by atoms with Crippen molar-refractivity contribution in [3.63, 3.8) is 0 Å². The Labute approximate surface area is 85.8 Å². The van der Waals surface area contributed by atoms with E-state index in [1.54, 1.807) is 6.07 Å². The number of fused-ring (bicyclic) bond motifs is 1. The molecule has 0 aliphatic rings. The van der Waals surface area contributed by atoms with Crippen molar-refractivity contribution >= 4 is 34.1 Å². The number of aryl methyl sites for hydroxylation is 1. The van der Waals surface area contributed by atoms with Crippen LogP contribution in [0.15, 0.2) is 23.1 Å². The first kappa shape index (κ1) is 9.03. The zero-order valence-electron chi connectivity index (χ0n) is 7.17. The van der Waals surface area contributed by atoms with E-state index in [-0.39, 0.29) is 5.82 Å². The normalized spacial score (nSPS) is 11.0. The Balaban J connectivity index is 2.80. The molecule has 3 heteroatoms. The lowest BCUT2D eigenvalue weighted by Gasteiger charge is -1.94. The van der Waals surface area contributed by atoms with E-state index in [4.69, 9.17) is 0 Å². The summed E-state index contributed by atoms with van der Waals surface area (Å²) >= 11 is 5.80. The Morgan fingerprint density at radius 3 is 2.85 bits per heavy atom. The lowest BCUT2D eigenvalue weighted by atomic mass is 10.2. The maximum absolute atomic E-state index is 13.3. The molecule has 0 amide bonds. The van der Waals surface area contributed by atoms with Gasteiger partial charge in [-0.05, 0) is 24.6 Å². The highest BCUT2D eigenvalue weighted by atomic mass is 32.1. The van der Waals surface area contributed by atoms with Gasteiger partial charge in [0.2, 0.25) is 0 Å². The van der Waals surface area contributed by atoms with Crippen LogP contribution in [0.2, 0.25) is 0 Å². The van der Waals surface area contributed by atoms with Crippen molar-refractivity contribution in [1.29, 1.82) is 0 Å². The zero-order chi connectivity index (χ0) is 9.42. The Kier molecular flexibility index (Phi) is 2.30. The van der Waals surface area contributed by atoms with Gasteiger partial charge in [0.15, 0.2) is 0 Å². The number of hydrogen-bond acceptors (Lipinski definition) is 2. The first-order valence-electron chi connectivity index (χ1n) is 4.12. The second-order valence-electron chi connectivity index (χ2n) is 2.88. The van der Waals surface area contributed by atoms with Gasteiger partial charge in [-0.25, -0.2) is 4.39 Å². The molecule has 0 saturated heterocycles. The fraction of sp³-hybridized carbons (Fsp3) is 0.200. The van der Waals surface area contributed by atoms with Crippen molar-refractivity contribution in [2.75, 3.05) is 0 Å². The third-order valence-electron chi connectivity index (χ3n) is 2.01. The van der Waals surface area contributed by atoms with Gasteiger partial charge in [0.05, 0.1) is 4.70 Å². The van der Waals surface area contributed by atoms with Crippen LogP contribution < -0.4 is 0 Å². The summed E-state index contributed by atoms with van der Waals surface area (Å²) in [7, 11) is 0. The van der Waals surface area contributed by atoms with Crippen LogP contribution in [0.4, 0.5) is 4.39 Å². The van der Waals surface area contributed by atoms with Crippen molar-refractivity contribution in [3.05, 3.63) is 28.9 Å². The SMILES string of the molecule is CCc1cc2c(S)ccc(F)c2s1. The van der Waals surface area contributed by atoms with Gasteiger partial charge in [-0.3, -0.25) is 0 Å². The summed E-state index contributed by atoms with van der Waals surface area (Å²) in [5, 5.41) is 0.935. The Bertz CT molecular complexity index is 406. The molecular formula is C10H9FS2. The largest absolute Gasteiger partial charge is 0.205 e. The highest BCUT2D eigenvalue weighted by molar-refractivity contribution is 7.80. The molecule has 1 heterocycles. The number of thiophene rings is 1. The highest BCUT2D eigenvalue weighted by Crippen LogP contribution is 2.32. The maximum atomic E-state index is 13.3. The van der Waals surface area contributed by atoms with Gasteiger partial charge in [-0.1, -0.05) is 6.92 Å². The van der Waals surface area contributed by atoms with Crippen LogP contribution in [-0.2, 0) is 6.42 Å². The van der Waals surface area contributed by atoms with Gasteiger partial charge in [0, 0.05) is 15.2 Å². The molecule has 0 N–H and O–H groups in total. The summed E-state index contributed by atoms with van der Waals surface area (Å²) in [5.41, 5.74) is 0. The van der Waals surface area contributed by atoms with Crippen LogP contribution >= 0.6 is 24.0 Å². The quantitative estimate of drug-likeness (QED) is 0.681. The number of halogens is 1. The summed E-state index contributed by atoms with van der Waals surface area (Å²) < 4.78 is 14.0. The van der Waals surface area contributed by atoms with E-state index in [0.717, 1.165) is 21.4 Å². The lowest BCUT2D eigenvalue weighted by Crippen LogP contribution is -1.73. The lowest BCUT2D eigenvalue weighted by molar-refractivity contribution is 0.641. The molecule has 0 fully saturated rings. The van der Waals surface area contributed by atoms with Crippen molar-refractivity contribution in [2.45, 2.75) is 18.2 Å². The average molecular weight is 212 g/mol. The van der Waals surface area contributed by atoms with Crippen LogP contribution in [0, 0.1) is 5.82 Å². The molecule has 68 valence electrons. The second-order valence-corrected chi connectivity index (χ2v) is 4.49. The maximum Gasteiger partial charge on any atom is 0.141 e. The van der Waals surface area contributed by atoms with Crippen LogP contribution in [0.25, 0.3) is 10.1 Å². The first-order chi connectivity index (χ1) is 6.22. The fourth-order valence-electron chi connectivity index (χ4n) is 1.30. The minimum atomic E-state index is -0.141. The van der Waals surface area contributed by atoms with E-state index in [1.807, 2.05) is 6.07 Å². The second kappa shape index (κ2) is 3.31. The summed E-state index contributed by atoms with van der Waals surface area (Å²) in [6.07, 6.45) is 0.950. The number of rotatable bonds is 1. The van der Waals surface area contributed by atoms with Gasteiger partial charge < -0.3 is 0 Å². The molecule has 2 aromatic rings. The molecule has 13 heavy (non-hydrogen) atoms. The van der Waals surface area contributed by atoms with Crippen molar-refractivity contribution < 1.29 is 4.39 Å². The molecule has 0 nitrogen and oxygen atoms in total. The predicted octanol–water partition coefficient (Wildman–Crippen LogP) is 3.89. The molecule has 0 aliphatic carbocycles. The Morgan fingerprint density at radius 1 is 1.46 bits per heavy atom. The van der Waals surface area contributed by atoms with Gasteiger partial charge >= 0.3 is 0 Å². The Morgan fingerprint density at radius 2 is 2.23 bits per heavy atom. The van der Waals surface area contributed by atoms with Crippen LogP contribution in [0.5, 0.6) is 0 Å². The van der Waals surface area contributed by atoms with Gasteiger partial charge in [0.1, 0.15) is 5.82 Å². The molecule has 0 saturated carbocycles. The van der Waals surface area contributed by atoms with E-state index in [9.17, 15) is 4.39 Å². The molecule has 1 aromatic heterocycles. The van der Waals surface area contributed by atoms with Gasteiger partial charge in [-0.15, -0.1) is 24.0 Å². The minimum absolute atomic E-state index is 0.141. The smallest absolute Gasteiger partial charge is 0.141 e. The van der Waals surface area contributed by atoms with Crippen LogP contribution in [-0.4, -0.2) is 0 Å². The summed E-state index contributed by atoms with van der Waals surface area (Å²) in [5.74, 6) is -0.141. The topological polar surface area (TPSA) is 0 Å². The van der Waals surface area contributed by atoms with Gasteiger partial charge in [-0.2, -0.15) is 0 Å². The third kappa shape index (κ3) is 1.46. The molecule has 0 aliphatic heterocycles. The zero-order valence-corrected chi connectivity index (χ0v) is 8.88. The van der Waals surface area contributed by atoms with Gasteiger partial charge in [0.25, 0.3) is 0 Å². The van der Waals surface area contributed by atoms with Crippen LogP contribution in [0.3, 0.4) is 0 Å². The van der Waals surface area contributed by atoms with E-state index in [0.29, 0.717) is 0 Å². The van der Waals surface area contributed by atoms with E-state index < -0.39 is 0 Å². The number of thiol groups is 1. The van der Waals surface area contributed by atoms with Crippen LogP contribution in [0.1, 0.15) is 11.8 Å². The standard InChI is InChI=1S/C10H9FS2/c1-2-6-5-7-9(12)4-3-8(11)10(7)13-6/h3-5,12H,2H2,1H3. The Hall–Kier alpha value is -0.540. The summed E-state index contributed by atoms with van der Waals surface area (Å²) in [4.78, 5) is 2.06. The minimum Gasteiger partial charge on any atom is -0.205 e. The average Bonchev–Trinajstić information content (AvgIpc) is 2.56. The molecule has 2 rings (SSSR count). The summed E-state index contributed by atoms with van der Waals surface area (Å²) in [6.45, 7) is 2.07. The molecule has 0 bridgehead atoms. The molecule has 0 radical (unpaired) electrons. The first-order valence-corrected chi connectivity index (χ1v) is 5.38. The number of hydrogen-bond donors (Lipinski definition) is 1. The van der Waals surface area contributed by atoms with E-state index >= 15 is 0 Å². The predicted molar refractivity (Wildman–Crippen MR) is 58.4 cm³/mol. The number of benzene rings is 1.